The molecule has 0 bridgehead atoms. The van der Waals surface area contributed by atoms with Crippen molar-refractivity contribution in [3.05, 3.63) is 65.9 Å². The number of aryl methyl sites for hydroxylation is 1. The Morgan fingerprint density at radius 2 is 1.54 bits per heavy atom. The van der Waals surface area contributed by atoms with Gasteiger partial charge in [0.1, 0.15) is 5.82 Å². The predicted molar refractivity (Wildman–Crippen MR) is 111 cm³/mol. The van der Waals surface area contributed by atoms with Gasteiger partial charge >= 0.3 is 0 Å². The minimum Gasteiger partial charge on any atom is -0.340 e. The first-order chi connectivity index (χ1) is 13.4. The number of carbonyl (C=O) groups is 2. The number of nitrogens with one attached hydrogen (secondary N) is 3. The van der Waals surface area contributed by atoms with E-state index in [1.165, 1.54) is 13.8 Å². The summed E-state index contributed by atoms with van der Waals surface area (Å²) in [5.41, 5.74) is 3.72. The highest BCUT2D eigenvalue weighted by Crippen LogP contribution is 2.21. The number of hydrogen-bond acceptors (Lipinski definition) is 6. The van der Waals surface area contributed by atoms with E-state index >= 15 is 0 Å². The fourth-order valence-corrected chi connectivity index (χ4v) is 2.63. The Morgan fingerprint density at radius 3 is 2.21 bits per heavy atom. The molecule has 0 radical (unpaired) electrons. The van der Waals surface area contributed by atoms with Crippen molar-refractivity contribution < 1.29 is 9.59 Å². The van der Waals surface area contributed by atoms with Crippen molar-refractivity contribution in [1.29, 1.82) is 0 Å². The summed E-state index contributed by atoms with van der Waals surface area (Å²) in [5, 5.41) is 9.12. The maximum Gasteiger partial charge on any atom is 0.229 e. The van der Waals surface area contributed by atoms with Gasteiger partial charge in [-0.2, -0.15) is 4.98 Å². The Kier molecular flexibility index (Phi) is 5.64. The average Bonchev–Trinajstić information content (AvgIpc) is 2.61. The Morgan fingerprint density at radius 1 is 0.821 bits per heavy atom. The number of hydrogen-bond donors (Lipinski definition) is 3. The highest BCUT2D eigenvalue weighted by atomic mass is 16.1. The molecule has 28 heavy (non-hydrogen) atoms. The SMILES string of the molecule is CC(=O)Nc1cccc(Nc2cc(C)nc(Nc3ccc(C(C)=O)cc3)n2)c1. The standard InChI is InChI=1S/C21H21N5O2/c1-13-11-20(24-19-6-4-5-18(12-19)23-15(3)28)26-21(22-13)25-17-9-7-16(8-10-17)14(2)27/h4-12H,1-3H3,(H,23,28)(H2,22,24,25,26). The van der Waals surface area contributed by atoms with Crippen molar-refractivity contribution >= 4 is 40.5 Å². The van der Waals surface area contributed by atoms with Crippen LogP contribution in [0.5, 0.6) is 0 Å². The molecule has 7 heteroatoms. The Bertz CT molecular complexity index is 1020. The van der Waals surface area contributed by atoms with Crippen LogP contribution in [0, 0.1) is 6.92 Å². The van der Waals surface area contributed by atoms with E-state index in [1.807, 2.05) is 49.4 Å². The highest BCUT2D eigenvalue weighted by molar-refractivity contribution is 5.94. The molecule has 0 atom stereocenters. The van der Waals surface area contributed by atoms with E-state index in [0.29, 0.717) is 23.0 Å². The van der Waals surface area contributed by atoms with Crippen molar-refractivity contribution in [3.8, 4) is 0 Å². The van der Waals surface area contributed by atoms with E-state index in [0.717, 1.165) is 17.1 Å². The summed E-state index contributed by atoms with van der Waals surface area (Å²) in [7, 11) is 0. The van der Waals surface area contributed by atoms with Crippen molar-refractivity contribution in [1.82, 2.24) is 9.97 Å². The number of benzene rings is 2. The zero-order valence-electron chi connectivity index (χ0n) is 15.9. The summed E-state index contributed by atoms with van der Waals surface area (Å²) < 4.78 is 0. The molecule has 1 heterocycles. The fraction of sp³-hybridized carbons (Fsp3) is 0.143. The van der Waals surface area contributed by atoms with E-state index < -0.39 is 0 Å². The van der Waals surface area contributed by atoms with Crippen LogP contribution >= 0.6 is 0 Å². The summed E-state index contributed by atoms with van der Waals surface area (Å²) in [6, 6.07) is 16.3. The second kappa shape index (κ2) is 8.30. The van der Waals surface area contributed by atoms with Crippen LogP contribution < -0.4 is 16.0 Å². The van der Waals surface area contributed by atoms with Gasteiger partial charge in [-0.3, -0.25) is 9.59 Å². The molecule has 0 aliphatic carbocycles. The monoisotopic (exact) mass is 375 g/mol. The van der Waals surface area contributed by atoms with Gasteiger partial charge < -0.3 is 16.0 Å². The lowest BCUT2D eigenvalue weighted by Gasteiger charge is -2.11. The molecular formula is C21H21N5O2. The van der Waals surface area contributed by atoms with Gasteiger partial charge in [-0.1, -0.05) is 6.07 Å². The van der Waals surface area contributed by atoms with E-state index in [-0.39, 0.29) is 11.7 Å². The lowest BCUT2D eigenvalue weighted by atomic mass is 10.1. The zero-order valence-corrected chi connectivity index (χ0v) is 15.9. The number of amides is 1. The molecule has 0 saturated heterocycles. The largest absolute Gasteiger partial charge is 0.340 e. The minimum absolute atomic E-state index is 0.0198. The molecule has 142 valence electrons. The zero-order chi connectivity index (χ0) is 20.1. The second-order valence-corrected chi connectivity index (χ2v) is 6.36. The van der Waals surface area contributed by atoms with Crippen LogP contribution in [0.3, 0.4) is 0 Å². The van der Waals surface area contributed by atoms with Crippen LogP contribution in [0.4, 0.5) is 28.8 Å². The number of rotatable bonds is 6. The smallest absolute Gasteiger partial charge is 0.229 e. The van der Waals surface area contributed by atoms with Gasteiger partial charge in [-0.05, 0) is 56.3 Å². The van der Waals surface area contributed by atoms with Gasteiger partial charge in [0.05, 0.1) is 0 Å². The quantitative estimate of drug-likeness (QED) is 0.552. The third-order valence-electron chi connectivity index (χ3n) is 3.86. The Labute approximate surface area is 163 Å². The van der Waals surface area contributed by atoms with Gasteiger partial charge in [0.25, 0.3) is 0 Å². The van der Waals surface area contributed by atoms with Crippen molar-refractivity contribution in [2.75, 3.05) is 16.0 Å². The normalized spacial score (nSPS) is 10.2. The fourth-order valence-electron chi connectivity index (χ4n) is 2.63. The Hall–Kier alpha value is -3.74. The summed E-state index contributed by atoms with van der Waals surface area (Å²) in [6.45, 7) is 4.88. The summed E-state index contributed by atoms with van der Waals surface area (Å²) in [5.74, 6) is 0.954. The molecule has 7 nitrogen and oxygen atoms in total. The Balaban J connectivity index is 1.78. The molecule has 0 aliphatic rings. The maximum atomic E-state index is 11.4. The average molecular weight is 375 g/mol. The summed E-state index contributed by atoms with van der Waals surface area (Å²) in [4.78, 5) is 31.5. The third kappa shape index (κ3) is 5.14. The number of Topliss-reactive ketones (excluding diaryl/α,β-unsaturated/α-hetero) is 1. The first-order valence-electron chi connectivity index (χ1n) is 8.77. The van der Waals surface area contributed by atoms with E-state index in [9.17, 15) is 9.59 Å². The molecule has 0 aliphatic heterocycles. The van der Waals surface area contributed by atoms with Crippen molar-refractivity contribution in [3.63, 3.8) is 0 Å². The van der Waals surface area contributed by atoms with Gasteiger partial charge in [-0.15, -0.1) is 0 Å². The summed E-state index contributed by atoms with van der Waals surface area (Å²) >= 11 is 0. The molecule has 3 rings (SSSR count). The topological polar surface area (TPSA) is 96.0 Å². The maximum absolute atomic E-state index is 11.4. The van der Waals surface area contributed by atoms with Crippen LogP contribution in [0.2, 0.25) is 0 Å². The van der Waals surface area contributed by atoms with Gasteiger partial charge in [-0.25, -0.2) is 4.98 Å². The van der Waals surface area contributed by atoms with Crippen LogP contribution in [0.1, 0.15) is 29.9 Å². The molecule has 3 aromatic rings. The minimum atomic E-state index is -0.127. The lowest BCUT2D eigenvalue weighted by Crippen LogP contribution is -2.06. The molecule has 0 saturated carbocycles. The summed E-state index contributed by atoms with van der Waals surface area (Å²) in [6.07, 6.45) is 0. The number of aromatic nitrogens is 2. The van der Waals surface area contributed by atoms with E-state index in [1.54, 1.807) is 12.1 Å². The number of ketones is 1. The number of nitrogens with zero attached hydrogens (tertiary/aromatic N) is 2. The third-order valence-corrected chi connectivity index (χ3v) is 3.86. The first kappa shape index (κ1) is 19.0. The molecule has 0 spiro atoms. The highest BCUT2D eigenvalue weighted by Gasteiger charge is 2.06. The van der Waals surface area contributed by atoms with Gasteiger partial charge in [0.15, 0.2) is 5.78 Å². The van der Waals surface area contributed by atoms with Crippen LogP contribution in [-0.2, 0) is 4.79 Å². The van der Waals surface area contributed by atoms with E-state index in [2.05, 4.69) is 25.9 Å². The molecular weight excluding hydrogens is 354 g/mol. The molecule has 0 fully saturated rings. The molecule has 1 amide bonds. The molecule has 2 aromatic carbocycles. The van der Waals surface area contributed by atoms with Crippen molar-refractivity contribution in [2.24, 2.45) is 0 Å². The van der Waals surface area contributed by atoms with Gasteiger partial charge in [0.2, 0.25) is 11.9 Å². The van der Waals surface area contributed by atoms with Gasteiger partial charge in [0, 0.05) is 41.3 Å². The van der Waals surface area contributed by atoms with Crippen LogP contribution in [0.15, 0.2) is 54.6 Å². The molecule has 3 N–H and O–H groups in total. The second-order valence-electron chi connectivity index (χ2n) is 6.36. The number of carbonyl (C=O) groups excluding carboxylic acids is 2. The van der Waals surface area contributed by atoms with Crippen LogP contribution in [0.25, 0.3) is 0 Å². The van der Waals surface area contributed by atoms with Crippen LogP contribution in [-0.4, -0.2) is 21.7 Å². The molecule has 1 aromatic heterocycles. The van der Waals surface area contributed by atoms with Crippen molar-refractivity contribution in [2.45, 2.75) is 20.8 Å². The lowest BCUT2D eigenvalue weighted by molar-refractivity contribution is -0.114. The number of anilines is 5. The first-order valence-corrected chi connectivity index (χ1v) is 8.77. The predicted octanol–water partition coefficient (Wildman–Crippen LogP) is 4.43. The molecule has 0 unspecified atom stereocenters. The van der Waals surface area contributed by atoms with E-state index in [4.69, 9.17) is 0 Å².